The predicted octanol–water partition coefficient (Wildman–Crippen LogP) is 0.758. The van der Waals surface area contributed by atoms with Gasteiger partial charge in [0.2, 0.25) is 0 Å². The SMILES string of the molecule is OCCn1cc(CNCc2ccoc2)cn1. The molecule has 86 valence electrons. The standard InChI is InChI=1S/C11H15N3O2/c15-3-2-14-8-11(7-13-14)6-12-5-10-1-4-16-9-10/h1,4,7-9,12,15H,2-3,5-6H2. The van der Waals surface area contributed by atoms with Crippen molar-refractivity contribution in [3.05, 3.63) is 42.1 Å². The van der Waals surface area contributed by atoms with Crippen molar-refractivity contribution < 1.29 is 9.52 Å². The summed E-state index contributed by atoms with van der Waals surface area (Å²) >= 11 is 0. The molecule has 0 fully saturated rings. The van der Waals surface area contributed by atoms with Crippen LogP contribution in [-0.4, -0.2) is 21.5 Å². The molecule has 16 heavy (non-hydrogen) atoms. The number of hydrogen-bond donors (Lipinski definition) is 2. The van der Waals surface area contributed by atoms with Crippen LogP contribution >= 0.6 is 0 Å². The normalized spacial score (nSPS) is 10.8. The molecule has 0 saturated heterocycles. The molecule has 0 atom stereocenters. The van der Waals surface area contributed by atoms with Gasteiger partial charge in [-0.15, -0.1) is 0 Å². The fourth-order valence-corrected chi connectivity index (χ4v) is 1.47. The fraction of sp³-hybridized carbons (Fsp3) is 0.364. The largest absolute Gasteiger partial charge is 0.472 e. The summed E-state index contributed by atoms with van der Waals surface area (Å²) in [6.07, 6.45) is 7.12. The zero-order chi connectivity index (χ0) is 11.2. The fourth-order valence-electron chi connectivity index (χ4n) is 1.47. The average molecular weight is 221 g/mol. The zero-order valence-corrected chi connectivity index (χ0v) is 8.97. The summed E-state index contributed by atoms with van der Waals surface area (Å²) in [4.78, 5) is 0. The van der Waals surface area contributed by atoms with Gasteiger partial charge < -0.3 is 14.8 Å². The molecule has 0 aliphatic heterocycles. The van der Waals surface area contributed by atoms with E-state index in [4.69, 9.17) is 9.52 Å². The lowest BCUT2D eigenvalue weighted by Gasteiger charge is -1.99. The molecule has 2 N–H and O–H groups in total. The lowest BCUT2D eigenvalue weighted by Crippen LogP contribution is -2.11. The van der Waals surface area contributed by atoms with Crippen LogP contribution in [0.1, 0.15) is 11.1 Å². The molecule has 0 saturated carbocycles. The van der Waals surface area contributed by atoms with Crippen LogP contribution in [0.15, 0.2) is 35.4 Å². The van der Waals surface area contributed by atoms with Crippen molar-refractivity contribution in [2.75, 3.05) is 6.61 Å². The number of nitrogens with zero attached hydrogens (tertiary/aromatic N) is 2. The van der Waals surface area contributed by atoms with E-state index in [0.717, 1.165) is 24.2 Å². The van der Waals surface area contributed by atoms with Gasteiger partial charge in [-0.3, -0.25) is 4.68 Å². The van der Waals surface area contributed by atoms with Crippen molar-refractivity contribution in [2.24, 2.45) is 0 Å². The molecule has 5 nitrogen and oxygen atoms in total. The molecule has 0 spiro atoms. The Hall–Kier alpha value is -1.59. The van der Waals surface area contributed by atoms with Gasteiger partial charge in [-0.1, -0.05) is 0 Å². The van der Waals surface area contributed by atoms with E-state index in [2.05, 4.69) is 10.4 Å². The summed E-state index contributed by atoms with van der Waals surface area (Å²) in [5.41, 5.74) is 2.24. The molecular weight excluding hydrogens is 206 g/mol. The van der Waals surface area contributed by atoms with Crippen molar-refractivity contribution >= 4 is 0 Å². The van der Waals surface area contributed by atoms with E-state index in [-0.39, 0.29) is 6.61 Å². The smallest absolute Gasteiger partial charge is 0.0947 e. The Balaban J connectivity index is 1.76. The highest BCUT2D eigenvalue weighted by Gasteiger charge is 1.98. The molecule has 0 radical (unpaired) electrons. The Morgan fingerprint density at radius 1 is 1.38 bits per heavy atom. The molecule has 5 heteroatoms. The highest BCUT2D eigenvalue weighted by atomic mass is 16.3. The van der Waals surface area contributed by atoms with Gasteiger partial charge in [0.25, 0.3) is 0 Å². The van der Waals surface area contributed by atoms with Gasteiger partial charge in [0.15, 0.2) is 0 Å². The predicted molar refractivity (Wildman–Crippen MR) is 58.6 cm³/mol. The van der Waals surface area contributed by atoms with Crippen LogP contribution in [0.3, 0.4) is 0 Å². The Labute approximate surface area is 93.7 Å². The molecule has 0 unspecified atom stereocenters. The van der Waals surface area contributed by atoms with Gasteiger partial charge in [0.05, 0.1) is 31.9 Å². The monoisotopic (exact) mass is 221 g/mol. The lowest BCUT2D eigenvalue weighted by molar-refractivity contribution is 0.269. The van der Waals surface area contributed by atoms with Crippen molar-refractivity contribution in [3.63, 3.8) is 0 Å². The quantitative estimate of drug-likeness (QED) is 0.756. The minimum Gasteiger partial charge on any atom is -0.472 e. The first-order valence-corrected chi connectivity index (χ1v) is 5.22. The van der Waals surface area contributed by atoms with Crippen LogP contribution in [0.2, 0.25) is 0 Å². The third kappa shape index (κ3) is 2.95. The van der Waals surface area contributed by atoms with E-state index in [1.54, 1.807) is 23.4 Å². The van der Waals surface area contributed by atoms with Gasteiger partial charge in [-0.2, -0.15) is 5.10 Å². The number of hydrogen-bond acceptors (Lipinski definition) is 4. The molecule has 0 amide bonds. The maximum Gasteiger partial charge on any atom is 0.0947 e. The van der Waals surface area contributed by atoms with Gasteiger partial charge in [-0.05, 0) is 6.07 Å². The molecule has 0 aliphatic rings. The number of aliphatic hydroxyl groups is 1. The lowest BCUT2D eigenvalue weighted by atomic mass is 10.3. The molecule has 2 aromatic rings. The molecule has 2 aromatic heterocycles. The number of furan rings is 1. The van der Waals surface area contributed by atoms with Crippen molar-refractivity contribution in [1.29, 1.82) is 0 Å². The maximum absolute atomic E-state index is 8.74. The van der Waals surface area contributed by atoms with Crippen LogP contribution in [0.25, 0.3) is 0 Å². The first-order valence-electron chi connectivity index (χ1n) is 5.22. The Morgan fingerprint density at radius 3 is 3.00 bits per heavy atom. The second kappa shape index (κ2) is 5.48. The van der Waals surface area contributed by atoms with E-state index >= 15 is 0 Å². The second-order valence-corrected chi connectivity index (χ2v) is 3.57. The van der Waals surface area contributed by atoms with Crippen molar-refractivity contribution in [3.8, 4) is 0 Å². The summed E-state index contributed by atoms with van der Waals surface area (Å²) < 4.78 is 6.70. The number of rotatable bonds is 6. The zero-order valence-electron chi connectivity index (χ0n) is 8.97. The first-order chi connectivity index (χ1) is 7.88. The maximum atomic E-state index is 8.74. The Kier molecular flexibility index (Phi) is 3.74. The van der Waals surface area contributed by atoms with Crippen LogP contribution in [0.4, 0.5) is 0 Å². The third-order valence-electron chi connectivity index (χ3n) is 2.25. The molecular formula is C11H15N3O2. The van der Waals surface area contributed by atoms with Crippen LogP contribution in [-0.2, 0) is 19.6 Å². The van der Waals surface area contributed by atoms with E-state index in [9.17, 15) is 0 Å². The number of nitrogens with one attached hydrogen (secondary N) is 1. The van der Waals surface area contributed by atoms with Crippen molar-refractivity contribution in [1.82, 2.24) is 15.1 Å². The average Bonchev–Trinajstić information content (AvgIpc) is 2.90. The van der Waals surface area contributed by atoms with E-state index < -0.39 is 0 Å². The van der Waals surface area contributed by atoms with E-state index in [0.29, 0.717) is 6.54 Å². The Morgan fingerprint density at radius 2 is 2.25 bits per heavy atom. The summed E-state index contributed by atoms with van der Waals surface area (Å²) in [6.45, 7) is 2.20. The van der Waals surface area contributed by atoms with Crippen LogP contribution in [0.5, 0.6) is 0 Å². The molecule has 0 aliphatic carbocycles. The van der Waals surface area contributed by atoms with Crippen LogP contribution in [0, 0.1) is 0 Å². The highest BCUT2D eigenvalue weighted by molar-refractivity contribution is 5.07. The van der Waals surface area contributed by atoms with Gasteiger partial charge in [-0.25, -0.2) is 0 Å². The summed E-state index contributed by atoms with van der Waals surface area (Å²) in [6, 6.07) is 1.93. The van der Waals surface area contributed by atoms with Gasteiger partial charge in [0.1, 0.15) is 0 Å². The number of aliphatic hydroxyl groups excluding tert-OH is 1. The van der Waals surface area contributed by atoms with E-state index in [1.807, 2.05) is 12.3 Å². The minimum atomic E-state index is 0.115. The highest BCUT2D eigenvalue weighted by Crippen LogP contribution is 2.01. The molecule has 2 rings (SSSR count). The first kappa shape index (κ1) is 10.9. The number of aromatic nitrogens is 2. The van der Waals surface area contributed by atoms with Gasteiger partial charge in [0, 0.05) is 30.4 Å². The summed E-state index contributed by atoms with van der Waals surface area (Å²) in [5, 5.41) is 16.1. The minimum absolute atomic E-state index is 0.115. The van der Waals surface area contributed by atoms with Crippen LogP contribution < -0.4 is 5.32 Å². The Bertz CT molecular complexity index is 409. The molecule has 0 aromatic carbocycles. The molecule has 0 bridgehead atoms. The molecule has 2 heterocycles. The van der Waals surface area contributed by atoms with E-state index in [1.165, 1.54) is 0 Å². The topological polar surface area (TPSA) is 63.2 Å². The van der Waals surface area contributed by atoms with Gasteiger partial charge >= 0.3 is 0 Å². The second-order valence-electron chi connectivity index (χ2n) is 3.57. The summed E-state index contributed by atoms with van der Waals surface area (Å²) in [7, 11) is 0. The van der Waals surface area contributed by atoms with Crippen molar-refractivity contribution in [2.45, 2.75) is 19.6 Å². The summed E-state index contributed by atoms with van der Waals surface area (Å²) in [5.74, 6) is 0. The third-order valence-corrected chi connectivity index (χ3v) is 2.25.